The van der Waals surface area contributed by atoms with Crippen molar-refractivity contribution in [3.8, 4) is 0 Å². The first-order chi connectivity index (χ1) is 14.0. The molecule has 1 aromatic heterocycles. The second kappa shape index (κ2) is 8.65. The molecule has 0 spiro atoms. The van der Waals surface area contributed by atoms with Gasteiger partial charge in [-0.25, -0.2) is 4.98 Å². The van der Waals surface area contributed by atoms with Crippen LogP contribution >= 0.6 is 27.5 Å². The first-order valence-corrected chi connectivity index (χ1v) is 10.6. The molecule has 3 aromatic rings. The van der Waals surface area contributed by atoms with Crippen molar-refractivity contribution in [2.75, 3.05) is 26.2 Å². The summed E-state index contributed by atoms with van der Waals surface area (Å²) in [6.45, 7) is 3.73. The summed E-state index contributed by atoms with van der Waals surface area (Å²) in [5, 5.41) is 1.23. The van der Waals surface area contributed by atoms with Crippen molar-refractivity contribution in [1.29, 1.82) is 0 Å². The van der Waals surface area contributed by atoms with Crippen molar-refractivity contribution in [2.45, 2.75) is 13.1 Å². The molecule has 4 rings (SSSR count). The monoisotopic (exact) mass is 474 g/mol. The van der Waals surface area contributed by atoms with Gasteiger partial charge in [0.15, 0.2) is 0 Å². The first-order valence-electron chi connectivity index (χ1n) is 9.39. The van der Waals surface area contributed by atoms with Crippen molar-refractivity contribution in [1.82, 2.24) is 19.4 Å². The van der Waals surface area contributed by atoms with Gasteiger partial charge in [-0.15, -0.1) is 0 Å². The van der Waals surface area contributed by atoms with Crippen LogP contribution in [-0.4, -0.2) is 51.4 Å². The van der Waals surface area contributed by atoms with E-state index < -0.39 is 0 Å². The molecule has 1 saturated heterocycles. The Morgan fingerprint density at radius 3 is 2.52 bits per heavy atom. The molecule has 8 heteroatoms. The number of nitrogens with zero attached hydrogens (tertiary/aromatic N) is 4. The maximum absolute atomic E-state index is 12.7. The van der Waals surface area contributed by atoms with E-state index in [0.29, 0.717) is 24.0 Å². The number of rotatable bonds is 4. The summed E-state index contributed by atoms with van der Waals surface area (Å²) in [5.41, 5.74) is 1.62. The molecule has 1 fully saturated rings. The van der Waals surface area contributed by atoms with Crippen LogP contribution in [0, 0.1) is 0 Å². The molecule has 0 aliphatic carbocycles. The predicted molar refractivity (Wildman–Crippen MR) is 117 cm³/mol. The minimum Gasteiger partial charge on any atom is -0.339 e. The standard InChI is InChI=1S/C21H20BrClN4O2/c22-16-3-6-19-18(11-16)21(29)27(14-24-19)13-20(28)26-9-7-25(8-10-26)12-15-1-4-17(23)5-2-15/h1-6,11,14H,7-10,12-13H2. The maximum atomic E-state index is 12.7. The van der Waals surface area contributed by atoms with Crippen LogP contribution in [0.1, 0.15) is 5.56 Å². The van der Waals surface area contributed by atoms with Gasteiger partial charge < -0.3 is 4.90 Å². The van der Waals surface area contributed by atoms with Gasteiger partial charge >= 0.3 is 0 Å². The summed E-state index contributed by atoms with van der Waals surface area (Å²) >= 11 is 9.31. The molecule has 1 aliphatic heterocycles. The number of piperazine rings is 1. The van der Waals surface area contributed by atoms with Crippen LogP contribution in [0.3, 0.4) is 0 Å². The zero-order chi connectivity index (χ0) is 20.4. The third kappa shape index (κ3) is 4.69. The molecule has 150 valence electrons. The van der Waals surface area contributed by atoms with Crippen LogP contribution in [0.4, 0.5) is 0 Å². The molecule has 2 aromatic carbocycles. The topological polar surface area (TPSA) is 58.4 Å². The van der Waals surface area contributed by atoms with Crippen LogP contribution in [-0.2, 0) is 17.9 Å². The number of hydrogen-bond donors (Lipinski definition) is 0. The molecule has 2 heterocycles. The fraction of sp³-hybridized carbons (Fsp3) is 0.286. The SMILES string of the molecule is O=C(Cn1cnc2ccc(Br)cc2c1=O)N1CCN(Cc2ccc(Cl)cc2)CC1. The first kappa shape index (κ1) is 20.1. The molecule has 29 heavy (non-hydrogen) atoms. The number of benzene rings is 2. The van der Waals surface area contributed by atoms with E-state index >= 15 is 0 Å². The van der Waals surface area contributed by atoms with Gasteiger partial charge in [0.2, 0.25) is 5.91 Å². The number of fused-ring (bicyclic) bond motifs is 1. The molecule has 1 aliphatic rings. The summed E-state index contributed by atoms with van der Waals surface area (Å²) in [6, 6.07) is 13.2. The van der Waals surface area contributed by atoms with Crippen LogP contribution in [0.15, 0.2) is 58.1 Å². The van der Waals surface area contributed by atoms with Gasteiger partial charge in [-0.3, -0.25) is 19.1 Å². The average Bonchev–Trinajstić information content (AvgIpc) is 2.73. The lowest BCUT2D eigenvalue weighted by molar-refractivity contribution is -0.133. The highest BCUT2D eigenvalue weighted by Gasteiger charge is 2.22. The number of halogens is 2. The molecule has 0 atom stereocenters. The Morgan fingerprint density at radius 2 is 1.79 bits per heavy atom. The normalized spacial score (nSPS) is 15.0. The Bertz CT molecular complexity index is 1090. The molecule has 0 saturated carbocycles. The van der Waals surface area contributed by atoms with Crippen LogP contribution in [0.2, 0.25) is 5.02 Å². The Labute approximate surface area is 181 Å². The minimum absolute atomic E-state index is 0.00543. The average molecular weight is 476 g/mol. The van der Waals surface area contributed by atoms with Gasteiger partial charge in [0.25, 0.3) is 5.56 Å². The maximum Gasteiger partial charge on any atom is 0.261 e. The van der Waals surface area contributed by atoms with Crippen molar-refractivity contribution >= 4 is 44.3 Å². The van der Waals surface area contributed by atoms with E-state index in [0.717, 1.165) is 29.1 Å². The summed E-state index contributed by atoms with van der Waals surface area (Å²) in [7, 11) is 0. The number of carbonyl (C=O) groups excluding carboxylic acids is 1. The van der Waals surface area contributed by atoms with E-state index in [1.54, 1.807) is 12.1 Å². The Morgan fingerprint density at radius 1 is 1.07 bits per heavy atom. The fourth-order valence-electron chi connectivity index (χ4n) is 3.49. The van der Waals surface area contributed by atoms with Gasteiger partial charge in [-0.2, -0.15) is 0 Å². The second-order valence-corrected chi connectivity index (χ2v) is 8.47. The number of carbonyl (C=O) groups is 1. The smallest absolute Gasteiger partial charge is 0.261 e. The molecule has 6 nitrogen and oxygen atoms in total. The minimum atomic E-state index is -0.203. The zero-order valence-corrected chi connectivity index (χ0v) is 18.1. The highest BCUT2D eigenvalue weighted by Crippen LogP contribution is 2.15. The second-order valence-electron chi connectivity index (χ2n) is 7.12. The lowest BCUT2D eigenvalue weighted by Gasteiger charge is -2.34. The third-order valence-corrected chi connectivity index (χ3v) is 5.88. The van der Waals surface area contributed by atoms with Gasteiger partial charge in [0.05, 0.1) is 17.2 Å². The lowest BCUT2D eigenvalue weighted by Crippen LogP contribution is -2.49. The predicted octanol–water partition coefficient (Wildman–Crippen LogP) is 3.16. The molecule has 0 unspecified atom stereocenters. The van der Waals surface area contributed by atoms with E-state index in [-0.39, 0.29) is 18.0 Å². The van der Waals surface area contributed by atoms with Crippen molar-refractivity contribution < 1.29 is 4.79 Å². The Hall–Kier alpha value is -2.22. The van der Waals surface area contributed by atoms with E-state index in [9.17, 15) is 9.59 Å². The lowest BCUT2D eigenvalue weighted by atomic mass is 10.2. The molecular formula is C21H20BrClN4O2. The van der Waals surface area contributed by atoms with Gasteiger partial charge in [0, 0.05) is 42.2 Å². The molecular weight excluding hydrogens is 456 g/mol. The quantitative estimate of drug-likeness (QED) is 0.582. The summed E-state index contributed by atoms with van der Waals surface area (Å²) < 4.78 is 2.20. The zero-order valence-electron chi connectivity index (χ0n) is 15.7. The van der Waals surface area contributed by atoms with Gasteiger partial charge in [0.1, 0.15) is 6.54 Å². The van der Waals surface area contributed by atoms with E-state index in [2.05, 4.69) is 25.8 Å². The largest absolute Gasteiger partial charge is 0.339 e. The Kier molecular flexibility index (Phi) is 5.99. The third-order valence-electron chi connectivity index (χ3n) is 5.14. The van der Waals surface area contributed by atoms with Crippen LogP contribution < -0.4 is 5.56 Å². The highest BCUT2D eigenvalue weighted by molar-refractivity contribution is 9.10. The summed E-state index contributed by atoms with van der Waals surface area (Å²) in [6.07, 6.45) is 1.45. The number of hydrogen-bond acceptors (Lipinski definition) is 4. The number of amides is 1. The summed E-state index contributed by atoms with van der Waals surface area (Å²) in [4.78, 5) is 33.8. The van der Waals surface area contributed by atoms with Crippen molar-refractivity contribution in [2.24, 2.45) is 0 Å². The van der Waals surface area contributed by atoms with Gasteiger partial charge in [-0.05, 0) is 35.9 Å². The van der Waals surface area contributed by atoms with E-state index in [1.807, 2.05) is 35.2 Å². The summed E-state index contributed by atoms with van der Waals surface area (Å²) in [5.74, 6) is -0.0608. The molecule has 1 amide bonds. The Balaban J connectivity index is 1.37. The van der Waals surface area contributed by atoms with E-state index in [4.69, 9.17) is 11.6 Å². The van der Waals surface area contributed by atoms with Gasteiger partial charge in [-0.1, -0.05) is 39.7 Å². The molecule has 0 N–H and O–H groups in total. The van der Waals surface area contributed by atoms with Crippen LogP contribution in [0.25, 0.3) is 10.9 Å². The van der Waals surface area contributed by atoms with Crippen molar-refractivity contribution in [3.05, 3.63) is 74.2 Å². The molecule has 0 radical (unpaired) electrons. The highest BCUT2D eigenvalue weighted by atomic mass is 79.9. The van der Waals surface area contributed by atoms with Crippen molar-refractivity contribution in [3.63, 3.8) is 0 Å². The van der Waals surface area contributed by atoms with Crippen LogP contribution in [0.5, 0.6) is 0 Å². The van der Waals surface area contributed by atoms with E-state index in [1.165, 1.54) is 16.5 Å². The fourth-order valence-corrected chi connectivity index (χ4v) is 3.98. The molecule has 0 bridgehead atoms. The number of aromatic nitrogens is 2.